The van der Waals surface area contributed by atoms with Gasteiger partial charge in [-0.2, -0.15) is 5.26 Å². The SMILES string of the molecule is N#CCNC(=O)COc1ccc2ccc(O)cc2c1. The first-order valence-corrected chi connectivity index (χ1v) is 5.68. The fourth-order valence-electron chi connectivity index (χ4n) is 1.64. The number of fused-ring (bicyclic) bond motifs is 1. The molecule has 0 unspecified atom stereocenters. The summed E-state index contributed by atoms with van der Waals surface area (Å²) in [7, 11) is 0. The van der Waals surface area contributed by atoms with Crippen LogP contribution in [0.15, 0.2) is 36.4 Å². The fourth-order valence-corrected chi connectivity index (χ4v) is 1.64. The minimum absolute atomic E-state index is 0.0339. The molecule has 0 aromatic heterocycles. The molecule has 0 aliphatic heterocycles. The third-order valence-electron chi connectivity index (χ3n) is 2.53. The second kappa shape index (κ2) is 5.74. The number of phenolic OH excluding ortho intramolecular Hbond substituents is 1. The van der Waals surface area contributed by atoms with Crippen molar-refractivity contribution in [2.45, 2.75) is 0 Å². The minimum Gasteiger partial charge on any atom is -0.508 e. The topological polar surface area (TPSA) is 82.4 Å². The zero-order chi connectivity index (χ0) is 13.7. The maximum absolute atomic E-state index is 11.3. The van der Waals surface area contributed by atoms with E-state index in [-0.39, 0.29) is 24.8 Å². The lowest BCUT2D eigenvalue weighted by atomic mass is 10.1. The van der Waals surface area contributed by atoms with Crippen LogP contribution >= 0.6 is 0 Å². The third-order valence-corrected chi connectivity index (χ3v) is 2.53. The zero-order valence-electron chi connectivity index (χ0n) is 10.1. The maximum atomic E-state index is 11.3. The van der Waals surface area contributed by atoms with Crippen LogP contribution in [0.4, 0.5) is 0 Å². The molecule has 0 bridgehead atoms. The Bertz CT molecular complexity index is 647. The van der Waals surface area contributed by atoms with Crippen LogP contribution in [-0.2, 0) is 4.79 Å². The van der Waals surface area contributed by atoms with Gasteiger partial charge in [-0.25, -0.2) is 0 Å². The summed E-state index contributed by atoms with van der Waals surface area (Å²) in [4.78, 5) is 11.3. The molecule has 2 rings (SSSR count). The van der Waals surface area contributed by atoms with Gasteiger partial charge in [0, 0.05) is 0 Å². The maximum Gasteiger partial charge on any atom is 0.258 e. The molecular weight excluding hydrogens is 244 g/mol. The van der Waals surface area contributed by atoms with Crippen LogP contribution in [0, 0.1) is 11.3 Å². The molecule has 0 saturated carbocycles. The van der Waals surface area contributed by atoms with Crippen molar-refractivity contribution in [3.8, 4) is 17.6 Å². The molecule has 19 heavy (non-hydrogen) atoms. The number of phenols is 1. The van der Waals surface area contributed by atoms with Crippen LogP contribution < -0.4 is 10.1 Å². The van der Waals surface area contributed by atoms with Gasteiger partial charge in [-0.15, -0.1) is 0 Å². The summed E-state index contributed by atoms with van der Waals surface area (Å²) >= 11 is 0. The first kappa shape index (κ1) is 12.7. The first-order chi connectivity index (χ1) is 9.19. The van der Waals surface area contributed by atoms with Crippen molar-refractivity contribution in [1.82, 2.24) is 5.32 Å². The normalized spacial score (nSPS) is 9.84. The van der Waals surface area contributed by atoms with Gasteiger partial charge in [0.25, 0.3) is 5.91 Å². The van der Waals surface area contributed by atoms with Crippen molar-refractivity contribution in [1.29, 1.82) is 5.26 Å². The van der Waals surface area contributed by atoms with Crippen LogP contribution in [0.2, 0.25) is 0 Å². The Morgan fingerprint density at radius 3 is 2.84 bits per heavy atom. The average Bonchev–Trinajstić information content (AvgIpc) is 2.42. The number of rotatable bonds is 4. The van der Waals surface area contributed by atoms with Gasteiger partial charge >= 0.3 is 0 Å². The summed E-state index contributed by atoms with van der Waals surface area (Å²) in [5, 5.41) is 21.9. The van der Waals surface area contributed by atoms with E-state index in [9.17, 15) is 9.90 Å². The van der Waals surface area contributed by atoms with E-state index in [1.807, 2.05) is 12.1 Å². The number of amides is 1. The summed E-state index contributed by atoms with van der Waals surface area (Å²) in [5.74, 6) is 0.360. The van der Waals surface area contributed by atoms with Crippen LogP contribution in [0.5, 0.6) is 11.5 Å². The summed E-state index contributed by atoms with van der Waals surface area (Å²) in [6.45, 7) is -0.181. The van der Waals surface area contributed by atoms with Gasteiger partial charge in [0.05, 0.1) is 6.07 Å². The predicted molar refractivity (Wildman–Crippen MR) is 69.7 cm³/mol. The van der Waals surface area contributed by atoms with E-state index in [4.69, 9.17) is 10.00 Å². The van der Waals surface area contributed by atoms with E-state index in [0.717, 1.165) is 10.8 Å². The highest BCUT2D eigenvalue weighted by Gasteiger charge is 2.03. The number of ether oxygens (including phenoxy) is 1. The van der Waals surface area contributed by atoms with E-state index in [0.29, 0.717) is 5.75 Å². The largest absolute Gasteiger partial charge is 0.508 e. The molecule has 5 heteroatoms. The average molecular weight is 256 g/mol. The molecule has 0 radical (unpaired) electrons. The molecule has 0 aliphatic carbocycles. The van der Waals surface area contributed by atoms with Crippen molar-refractivity contribution in [2.75, 3.05) is 13.2 Å². The standard InChI is InChI=1S/C14H12N2O3/c15-5-6-16-14(18)9-19-13-4-2-10-1-3-12(17)7-11(10)8-13/h1-4,7-8,17H,6,9H2,(H,16,18). The van der Waals surface area contributed by atoms with Gasteiger partial charge in [-0.1, -0.05) is 12.1 Å². The fraction of sp³-hybridized carbons (Fsp3) is 0.143. The lowest BCUT2D eigenvalue weighted by molar-refractivity contribution is -0.122. The monoisotopic (exact) mass is 256 g/mol. The van der Waals surface area contributed by atoms with E-state index in [1.165, 1.54) is 0 Å². The van der Waals surface area contributed by atoms with Gasteiger partial charge < -0.3 is 15.2 Å². The lowest BCUT2D eigenvalue weighted by Crippen LogP contribution is -2.28. The number of carbonyl (C=O) groups is 1. The smallest absolute Gasteiger partial charge is 0.258 e. The summed E-state index contributed by atoms with van der Waals surface area (Å²) in [6.07, 6.45) is 0. The molecular formula is C14H12N2O3. The van der Waals surface area contributed by atoms with Gasteiger partial charge in [-0.05, 0) is 35.0 Å². The predicted octanol–water partition coefficient (Wildman–Crippen LogP) is 1.56. The van der Waals surface area contributed by atoms with E-state index in [2.05, 4.69) is 5.32 Å². The number of carbonyl (C=O) groups excluding carboxylic acids is 1. The highest BCUT2D eigenvalue weighted by Crippen LogP contribution is 2.24. The van der Waals surface area contributed by atoms with E-state index >= 15 is 0 Å². The molecule has 0 aliphatic rings. The molecule has 2 N–H and O–H groups in total. The second-order valence-corrected chi connectivity index (χ2v) is 3.92. The molecule has 5 nitrogen and oxygen atoms in total. The number of nitrogens with zero attached hydrogens (tertiary/aromatic N) is 1. The Balaban J connectivity index is 2.05. The first-order valence-electron chi connectivity index (χ1n) is 5.68. The Morgan fingerprint density at radius 2 is 2.05 bits per heavy atom. The van der Waals surface area contributed by atoms with Crippen LogP contribution in [0.3, 0.4) is 0 Å². The van der Waals surface area contributed by atoms with E-state index < -0.39 is 0 Å². The molecule has 2 aromatic carbocycles. The highest BCUT2D eigenvalue weighted by atomic mass is 16.5. The molecule has 0 atom stereocenters. The van der Waals surface area contributed by atoms with E-state index in [1.54, 1.807) is 30.3 Å². The van der Waals surface area contributed by atoms with Crippen LogP contribution in [-0.4, -0.2) is 24.2 Å². The molecule has 1 amide bonds. The number of nitrogens with one attached hydrogen (secondary N) is 1. The van der Waals surface area contributed by atoms with Crippen molar-refractivity contribution < 1.29 is 14.6 Å². The Morgan fingerprint density at radius 1 is 1.26 bits per heavy atom. The summed E-state index contributed by atoms with van der Waals surface area (Å²) < 4.78 is 5.31. The highest BCUT2D eigenvalue weighted by molar-refractivity contribution is 5.85. The van der Waals surface area contributed by atoms with Crippen molar-refractivity contribution in [2.24, 2.45) is 0 Å². The zero-order valence-corrected chi connectivity index (χ0v) is 10.1. The second-order valence-electron chi connectivity index (χ2n) is 3.92. The number of aromatic hydroxyl groups is 1. The Kier molecular flexibility index (Phi) is 3.84. The summed E-state index contributed by atoms with van der Waals surface area (Å²) in [5.41, 5.74) is 0. The molecule has 0 spiro atoms. The number of nitriles is 1. The molecule has 96 valence electrons. The van der Waals surface area contributed by atoms with Crippen LogP contribution in [0.1, 0.15) is 0 Å². The number of benzene rings is 2. The molecule has 0 fully saturated rings. The van der Waals surface area contributed by atoms with Crippen LogP contribution in [0.25, 0.3) is 10.8 Å². The number of hydrogen-bond acceptors (Lipinski definition) is 4. The van der Waals surface area contributed by atoms with Gasteiger partial charge in [0.15, 0.2) is 6.61 Å². The van der Waals surface area contributed by atoms with Crippen molar-refractivity contribution >= 4 is 16.7 Å². The van der Waals surface area contributed by atoms with Crippen molar-refractivity contribution in [3.05, 3.63) is 36.4 Å². The van der Waals surface area contributed by atoms with Crippen molar-refractivity contribution in [3.63, 3.8) is 0 Å². The Labute approximate surface area is 110 Å². The summed E-state index contributed by atoms with van der Waals surface area (Å²) in [6, 6.07) is 12.2. The molecule has 2 aromatic rings. The molecule has 0 heterocycles. The lowest BCUT2D eigenvalue weighted by Gasteiger charge is -2.07. The molecule has 0 saturated heterocycles. The van der Waals surface area contributed by atoms with Gasteiger partial charge in [0.2, 0.25) is 0 Å². The van der Waals surface area contributed by atoms with Gasteiger partial charge in [-0.3, -0.25) is 4.79 Å². The van der Waals surface area contributed by atoms with Gasteiger partial charge in [0.1, 0.15) is 18.0 Å². The third kappa shape index (κ3) is 3.36. The number of hydrogen-bond donors (Lipinski definition) is 2. The Hall–Kier alpha value is -2.74. The quantitative estimate of drug-likeness (QED) is 0.813. The minimum atomic E-state index is -0.349.